The second-order valence-corrected chi connectivity index (χ2v) is 25.7. The van der Waals surface area contributed by atoms with E-state index >= 15 is 0 Å². The second-order valence-electron chi connectivity index (χ2n) is 23.1. The van der Waals surface area contributed by atoms with Gasteiger partial charge in [0.25, 0.3) is 0 Å². The Balaban J connectivity index is 0.000000187. The van der Waals surface area contributed by atoms with Gasteiger partial charge in [-0.25, -0.2) is 37.9 Å². The maximum absolute atomic E-state index is 13.5. The van der Waals surface area contributed by atoms with Gasteiger partial charge in [-0.2, -0.15) is 15.0 Å². The number of hydrogen-bond acceptors (Lipinski definition) is 19. The highest BCUT2D eigenvalue weighted by molar-refractivity contribution is 6.33. The SMILES string of the molecule is CC(C)Oc1ccc(Nc2nc(=O)[nH]c(=O)n2Cc2ccc(Cl)cc2)cc1Cl.CC(C)Oc1ccc(Nc2nc(=O)n(C[C@@H](O)CO)c(=O)n2Cc2ccc(Cl)cc2)cc1Cl.CC(C)Oc1ccc(Nc2nc(=O)n(C[C@@H]3COC(C)(C)O3)c(=O)n2Cc2ccc(Cl)cc2)cc1Cl. The van der Waals surface area contributed by atoms with Gasteiger partial charge in [0.2, 0.25) is 17.8 Å². The Hall–Kier alpha value is -8.47. The van der Waals surface area contributed by atoms with E-state index in [4.69, 9.17) is 98.4 Å². The van der Waals surface area contributed by atoms with Crippen molar-refractivity contribution < 1.29 is 33.9 Å². The minimum absolute atomic E-state index is 0.0108. The van der Waals surface area contributed by atoms with Crippen LogP contribution in [-0.2, 0) is 42.2 Å². The molecule has 1 saturated heterocycles. The van der Waals surface area contributed by atoms with Crippen molar-refractivity contribution in [2.45, 2.75) is 124 Å². The van der Waals surface area contributed by atoms with Crippen LogP contribution in [0.4, 0.5) is 34.9 Å². The van der Waals surface area contributed by atoms with Crippen LogP contribution in [-0.4, -0.2) is 103 Å². The van der Waals surface area contributed by atoms with E-state index in [0.717, 1.165) is 25.8 Å². The summed E-state index contributed by atoms with van der Waals surface area (Å²) in [6, 6.07) is 36.1. The van der Waals surface area contributed by atoms with Gasteiger partial charge in [0, 0.05) is 32.1 Å². The number of H-pyrrole nitrogens is 1. The fourth-order valence-corrected chi connectivity index (χ4v) is 10.4. The Bertz CT molecular complexity index is 4580. The summed E-state index contributed by atoms with van der Waals surface area (Å²) in [5.74, 6) is 0.947. The lowest BCUT2D eigenvalue weighted by Gasteiger charge is -2.19. The zero-order valence-corrected chi connectivity index (χ0v) is 58.2. The van der Waals surface area contributed by atoms with Crippen molar-refractivity contribution in [3.05, 3.63) is 237 Å². The van der Waals surface area contributed by atoms with Crippen LogP contribution in [0, 0.1) is 0 Å². The fraction of sp³-hybridized carbons (Fsp3) is 0.318. The second kappa shape index (κ2) is 33.7. The molecule has 514 valence electrons. The average Bonchev–Trinajstić information content (AvgIpc) is 1.35. The topological polar surface area (TPSA) is 304 Å². The molecule has 0 radical (unpaired) electrons. The Labute approximate surface area is 585 Å². The van der Waals surface area contributed by atoms with Crippen LogP contribution in [0.2, 0.25) is 30.1 Å². The molecule has 0 aliphatic carbocycles. The van der Waals surface area contributed by atoms with Crippen molar-refractivity contribution in [3.8, 4) is 17.2 Å². The Morgan fingerprint density at radius 1 is 0.526 bits per heavy atom. The van der Waals surface area contributed by atoms with Crippen molar-refractivity contribution in [2.75, 3.05) is 29.2 Å². The van der Waals surface area contributed by atoms with Crippen molar-refractivity contribution >= 4 is 105 Å². The molecule has 1 aliphatic heterocycles. The standard InChI is InChI=1S/C25H28Cl2N4O5.C22H24Cl2N4O5.C19H18Cl2N4O3/c1-15(2)35-21-10-9-18(11-20(21)27)28-22-29-23(32)31(13-19-14-34-25(3,4)36-19)24(33)30(22)12-16-5-7-17(26)8-6-16;1-13(2)33-19-8-7-16(9-18(19)24)25-20-26-21(31)28(11-17(30)12-29)22(32)27(20)10-14-3-5-15(23)6-4-14;1-11(2)28-16-8-7-14(9-15(16)21)22-17-23-18(26)24-19(27)25(17)10-12-3-5-13(20)6-4-12/h5-11,15,19H,12-14H2,1-4H3,(H,28,29,32);3-9,13,17,29-30H,10-12H2,1-2H3,(H,25,26,31);3-9,11H,10H2,1-2H3,(H2,22,23,24,26,27)/t19-;17-;/m11./s1. The minimum atomic E-state index is -1.28. The first kappa shape index (κ1) is 74.3. The van der Waals surface area contributed by atoms with Crippen molar-refractivity contribution in [2.24, 2.45) is 0 Å². The van der Waals surface area contributed by atoms with Crippen LogP contribution in [0.1, 0.15) is 72.1 Å². The molecule has 6 N–H and O–H groups in total. The fourth-order valence-electron chi connectivity index (χ4n) is 9.34. The minimum Gasteiger partial charge on any atom is -0.489 e. The summed E-state index contributed by atoms with van der Waals surface area (Å²) in [5, 5.41) is 30.7. The van der Waals surface area contributed by atoms with Crippen molar-refractivity contribution in [1.82, 2.24) is 42.8 Å². The third-order valence-corrected chi connectivity index (χ3v) is 15.3. The monoisotopic (exact) mass is 1450 g/mol. The molecule has 0 unspecified atom stereocenters. The molecule has 1 aliphatic rings. The molecule has 1 fully saturated rings. The van der Waals surface area contributed by atoms with Gasteiger partial charge in [0.05, 0.1) is 85.4 Å². The summed E-state index contributed by atoms with van der Waals surface area (Å²) >= 11 is 36.8. The lowest BCUT2D eigenvalue weighted by molar-refractivity contribution is -0.139. The van der Waals surface area contributed by atoms with Gasteiger partial charge in [-0.15, -0.1) is 0 Å². The van der Waals surface area contributed by atoms with E-state index in [0.29, 0.717) is 64.4 Å². The van der Waals surface area contributed by atoms with Gasteiger partial charge >= 0.3 is 34.1 Å². The molecule has 10 rings (SSSR count). The molecule has 6 aromatic carbocycles. The van der Waals surface area contributed by atoms with Crippen LogP contribution in [0.5, 0.6) is 17.2 Å². The first-order chi connectivity index (χ1) is 46.0. The van der Waals surface area contributed by atoms with Crippen LogP contribution in [0.25, 0.3) is 0 Å². The summed E-state index contributed by atoms with van der Waals surface area (Å²) in [6.07, 6.45) is -1.86. The molecule has 0 amide bonds. The molecular formula is C66H70Cl6N12O13. The maximum Gasteiger partial charge on any atom is 0.355 e. The number of ether oxygens (including phenoxy) is 5. The molecule has 0 saturated carbocycles. The quantitative estimate of drug-likeness (QED) is 0.0347. The van der Waals surface area contributed by atoms with Crippen LogP contribution >= 0.6 is 69.6 Å². The summed E-state index contributed by atoms with van der Waals surface area (Å²) in [4.78, 5) is 90.4. The Kier molecular flexibility index (Phi) is 25.8. The normalized spacial score (nSPS) is 13.5. The van der Waals surface area contributed by atoms with E-state index in [2.05, 4.69) is 35.9 Å². The number of nitrogens with zero attached hydrogens (tertiary/aromatic N) is 8. The highest BCUT2D eigenvalue weighted by Gasteiger charge is 2.34. The van der Waals surface area contributed by atoms with Crippen molar-refractivity contribution in [1.29, 1.82) is 0 Å². The number of hydrogen-bond donors (Lipinski definition) is 6. The van der Waals surface area contributed by atoms with Gasteiger partial charge in [-0.05, 0) is 163 Å². The number of aliphatic hydroxyl groups is 2. The molecular weight excluding hydrogens is 1380 g/mol. The smallest absolute Gasteiger partial charge is 0.355 e. The number of rotatable bonds is 23. The molecule has 4 heterocycles. The first-order valence-electron chi connectivity index (χ1n) is 30.2. The van der Waals surface area contributed by atoms with Crippen LogP contribution in [0.3, 0.4) is 0 Å². The van der Waals surface area contributed by atoms with E-state index in [1.165, 1.54) is 13.7 Å². The molecule has 31 heteroatoms. The van der Waals surface area contributed by atoms with E-state index in [-0.39, 0.29) is 68.9 Å². The predicted molar refractivity (Wildman–Crippen MR) is 376 cm³/mol. The van der Waals surface area contributed by atoms with Gasteiger partial charge in [0.1, 0.15) is 23.4 Å². The zero-order valence-electron chi connectivity index (χ0n) is 53.7. The van der Waals surface area contributed by atoms with E-state index in [9.17, 15) is 33.9 Å². The van der Waals surface area contributed by atoms with E-state index < -0.39 is 65.3 Å². The molecule has 9 aromatic rings. The zero-order chi connectivity index (χ0) is 70.4. The van der Waals surface area contributed by atoms with Gasteiger partial charge in [-0.1, -0.05) is 106 Å². The number of benzene rings is 6. The Morgan fingerprint density at radius 2 is 0.887 bits per heavy atom. The number of aliphatic hydroxyl groups excluding tert-OH is 2. The molecule has 0 spiro atoms. The first-order valence-corrected chi connectivity index (χ1v) is 32.4. The van der Waals surface area contributed by atoms with E-state index in [1.807, 2.05) is 41.5 Å². The van der Waals surface area contributed by atoms with Crippen molar-refractivity contribution in [3.63, 3.8) is 0 Å². The lowest BCUT2D eigenvalue weighted by Crippen LogP contribution is -2.45. The number of aromatic amines is 1. The van der Waals surface area contributed by atoms with Gasteiger partial charge in [0.15, 0.2) is 5.79 Å². The largest absolute Gasteiger partial charge is 0.489 e. The third-order valence-electron chi connectivity index (χ3n) is 13.7. The summed E-state index contributed by atoms with van der Waals surface area (Å²) in [5.41, 5.74) is -0.186. The van der Waals surface area contributed by atoms with E-state index in [1.54, 1.807) is 141 Å². The Morgan fingerprint density at radius 3 is 1.24 bits per heavy atom. The number of aromatic nitrogens is 9. The third kappa shape index (κ3) is 21.3. The summed E-state index contributed by atoms with van der Waals surface area (Å²) in [6.45, 7) is 14.6. The summed E-state index contributed by atoms with van der Waals surface area (Å²) < 4.78 is 34.1. The number of nitrogens with one attached hydrogen (secondary N) is 4. The lowest BCUT2D eigenvalue weighted by atomic mass is 10.2. The van der Waals surface area contributed by atoms with Gasteiger partial charge in [-0.3, -0.25) is 18.7 Å². The molecule has 3 aromatic heterocycles. The molecule has 0 bridgehead atoms. The molecule has 97 heavy (non-hydrogen) atoms. The maximum atomic E-state index is 13.5. The predicted octanol–water partition coefficient (Wildman–Crippen LogP) is 10.9. The van der Waals surface area contributed by atoms with Crippen LogP contribution in [0.15, 0.2) is 156 Å². The number of halogens is 6. The molecule has 25 nitrogen and oxygen atoms in total. The highest BCUT2D eigenvalue weighted by Crippen LogP contribution is 2.33. The van der Waals surface area contributed by atoms with Gasteiger partial charge < -0.3 is 49.8 Å². The average molecular weight is 1450 g/mol. The number of anilines is 6. The molecule has 2 atom stereocenters. The summed E-state index contributed by atoms with van der Waals surface area (Å²) in [7, 11) is 0. The van der Waals surface area contributed by atoms with Crippen LogP contribution < -0.4 is 64.3 Å². The highest BCUT2D eigenvalue weighted by atomic mass is 35.5.